The van der Waals surface area contributed by atoms with Gasteiger partial charge < -0.3 is 5.11 Å². The number of benzene rings is 2. The molecule has 0 bridgehead atoms. The number of hydrogen-bond donors (Lipinski definition) is 1. The van der Waals surface area contributed by atoms with Gasteiger partial charge in [-0.2, -0.15) is 0 Å². The summed E-state index contributed by atoms with van der Waals surface area (Å²) in [7, 11) is 0. The van der Waals surface area contributed by atoms with Crippen LogP contribution in [0, 0.1) is 18.6 Å². The SMILES string of the molecule is Cc1ccc(C(O)Cc2cc(F)cc(Br)c2)cc1F. The average Bonchev–Trinajstić information content (AvgIpc) is 2.31. The number of aryl methyl sites for hydroxylation is 1. The van der Waals surface area contributed by atoms with Gasteiger partial charge in [-0.05, 0) is 47.9 Å². The number of hydrogen-bond acceptors (Lipinski definition) is 1. The molecule has 100 valence electrons. The van der Waals surface area contributed by atoms with Gasteiger partial charge in [0.2, 0.25) is 0 Å². The zero-order valence-corrected chi connectivity index (χ0v) is 11.9. The maximum atomic E-state index is 13.4. The predicted octanol–water partition coefficient (Wildman–Crippen LogP) is 4.31. The van der Waals surface area contributed by atoms with Gasteiger partial charge in [-0.25, -0.2) is 8.78 Å². The lowest BCUT2D eigenvalue weighted by atomic mass is 10.0. The van der Waals surface area contributed by atoms with Crippen LogP contribution in [0.15, 0.2) is 40.9 Å². The fourth-order valence-corrected chi connectivity index (χ4v) is 2.40. The molecular formula is C15H13BrF2O. The molecule has 1 atom stereocenters. The molecule has 4 heteroatoms. The number of aliphatic hydroxyl groups excluding tert-OH is 1. The first-order valence-electron chi connectivity index (χ1n) is 5.85. The Bertz CT molecular complexity index is 578. The molecule has 0 spiro atoms. The molecule has 0 aliphatic carbocycles. The highest BCUT2D eigenvalue weighted by molar-refractivity contribution is 9.10. The molecule has 1 unspecified atom stereocenters. The van der Waals surface area contributed by atoms with E-state index in [9.17, 15) is 13.9 Å². The normalized spacial score (nSPS) is 12.5. The van der Waals surface area contributed by atoms with Crippen LogP contribution in [0.2, 0.25) is 0 Å². The predicted molar refractivity (Wildman–Crippen MR) is 73.9 cm³/mol. The highest BCUT2D eigenvalue weighted by Gasteiger charge is 2.11. The lowest BCUT2D eigenvalue weighted by Gasteiger charge is -2.12. The lowest BCUT2D eigenvalue weighted by Crippen LogP contribution is -2.03. The summed E-state index contributed by atoms with van der Waals surface area (Å²) in [5, 5.41) is 10.1. The van der Waals surface area contributed by atoms with E-state index in [4.69, 9.17) is 0 Å². The van der Waals surface area contributed by atoms with Crippen LogP contribution in [0.4, 0.5) is 8.78 Å². The Morgan fingerprint density at radius 3 is 2.53 bits per heavy atom. The van der Waals surface area contributed by atoms with Gasteiger partial charge in [0.15, 0.2) is 0 Å². The summed E-state index contributed by atoms with van der Waals surface area (Å²) >= 11 is 3.20. The Kier molecular flexibility index (Phi) is 4.32. The van der Waals surface area contributed by atoms with E-state index in [1.54, 1.807) is 25.1 Å². The van der Waals surface area contributed by atoms with Gasteiger partial charge in [0, 0.05) is 10.9 Å². The van der Waals surface area contributed by atoms with Gasteiger partial charge in [0.25, 0.3) is 0 Å². The van der Waals surface area contributed by atoms with Crippen LogP contribution >= 0.6 is 15.9 Å². The summed E-state index contributed by atoms with van der Waals surface area (Å²) in [6.45, 7) is 1.66. The highest BCUT2D eigenvalue weighted by Crippen LogP contribution is 2.23. The summed E-state index contributed by atoms with van der Waals surface area (Å²) in [5.41, 5.74) is 1.67. The Labute approximate surface area is 119 Å². The molecule has 2 aromatic carbocycles. The Hall–Kier alpha value is -1.26. The molecule has 0 saturated heterocycles. The van der Waals surface area contributed by atoms with Crippen LogP contribution in [-0.4, -0.2) is 5.11 Å². The van der Waals surface area contributed by atoms with Crippen molar-refractivity contribution in [1.29, 1.82) is 0 Å². The van der Waals surface area contributed by atoms with Gasteiger partial charge in [-0.3, -0.25) is 0 Å². The van der Waals surface area contributed by atoms with Crippen molar-refractivity contribution >= 4 is 15.9 Å². The van der Waals surface area contributed by atoms with Crippen LogP contribution in [0.3, 0.4) is 0 Å². The van der Waals surface area contributed by atoms with Gasteiger partial charge in [0.05, 0.1) is 6.10 Å². The molecule has 0 aromatic heterocycles. The highest BCUT2D eigenvalue weighted by atomic mass is 79.9. The summed E-state index contributed by atoms with van der Waals surface area (Å²) < 4.78 is 27.3. The van der Waals surface area contributed by atoms with E-state index < -0.39 is 6.10 Å². The summed E-state index contributed by atoms with van der Waals surface area (Å²) in [6.07, 6.45) is -0.623. The third kappa shape index (κ3) is 3.61. The number of aliphatic hydroxyl groups is 1. The van der Waals surface area contributed by atoms with E-state index in [1.807, 2.05) is 0 Å². The maximum Gasteiger partial charge on any atom is 0.126 e. The van der Waals surface area contributed by atoms with E-state index in [-0.39, 0.29) is 18.1 Å². The van der Waals surface area contributed by atoms with E-state index in [0.717, 1.165) is 0 Å². The molecule has 0 aliphatic rings. The molecule has 0 radical (unpaired) electrons. The van der Waals surface area contributed by atoms with Crippen molar-refractivity contribution in [3.8, 4) is 0 Å². The fraction of sp³-hybridized carbons (Fsp3) is 0.200. The van der Waals surface area contributed by atoms with Gasteiger partial charge in [0.1, 0.15) is 11.6 Å². The second kappa shape index (κ2) is 5.80. The maximum absolute atomic E-state index is 13.4. The number of rotatable bonds is 3. The van der Waals surface area contributed by atoms with E-state index in [1.165, 1.54) is 18.2 Å². The van der Waals surface area contributed by atoms with Crippen molar-refractivity contribution in [2.45, 2.75) is 19.4 Å². The van der Waals surface area contributed by atoms with Crippen molar-refractivity contribution in [3.63, 3.8) is 0 Å². The first-order chi connectivity index (χ1) is 8.95. The second-order valence-corrected chi connectivity index (χ2v) is 5.42. The van der Waals surface area contributed by atoms with Crippen molar-refractivity contribution in [1.82, 2.24) is 0 Å². The fourth-order valence-electron chi connectivity index (χ4n) is 1.89. The monoisotopic (exact) mass is 326 g/mol. The lowest BCUT2D eigenvalue weighted by molar-refractivity contribution is 0.178. The standard InChI is InChI=1S/C15H13BrF2O/c1-9-2-3-11(7-14(9)18)15(19)6-10-4-12(16)8-13(17)5-10/h2-5,7-8,15,19H,6H2,1H3. The van der Waals surface area contributed by atoms with Crippen LogP contribution in [-0.2, 0) is 6.42 Å². The molecule has 19 heavy (non-hydrogen) atoms. The van der Waals surface area contributed by atoms with E-state index in [0.29, 0.717) is 21.2 Å². The van der Waals surface area contributed by atoms with Gasteiger partial charge in [-0.1, -0.05) is 28.1 Å². The Balaban J connectivity index is 2.20. The van der Waals surface area contributed by atoms with Crippen LogP contribution < -0.4 is 0 Å². The largest absolute Gasteiger partial charge is 0.388 e. The summed E-state index contributed by atoms with van der Waals surface area (Å²) in [6, 6.07) is 9.05. The third-order valence-corrected chi connectivity index (χ3v) is 3.39. The van der Waals surface area contributed by atoms with Crippen molar-refractivity contribution in [3.05, 3.63) is 69.2 Å². The Morgan fingerprint density at radius 1 is 1.16 bits per heavy atom. The molecule has 0 amide bonds. The molecule has 0 aliphatic heterocycles. The van der Waals surface area contributed by atoms with Crippen molar-refractivity contribution in [2.24, 2.45) is 0 Å². The van der Waals surface area contributed by atoms with Crippen LogP contribution in [0.25, 0.3) is 0 Å². The molecule has 0 saturated carbocycles. The first-order valence-corrected chi connectivity index (χ1v) is 6.64. The van der Waals surface area contributed by atoms with Crippen LogP contribution in [0.5, 0.6) is 0 Å². The average molecular weight is 327 g/mol. The van der Waals surface area contributed by atoms with Gasteiger partial charge >= 0.3 is 0 Å². The molecule has 0 fully saturated rings. The minimum atomic E-state index is -0.858. The zero-order valence-electron chi connectivity index (χ0n) is 10.3. The molecule has 2 aromatic rings. The minimum Gasteiger partial charge on any atom is -0.388 e. The summed E-state index contributed by atoms with van der Waals surface area (Å²) in [5.74, 6) is -0.719. The third-order valence-electron chi connectivity index (χ3n) is 2.93. The summed E-state index contributed by atoms with van der Waals surface area (Å²) in [4.78, 5) is 0. The number of halogens is 3. The zero-order chi connectivity index (χ0) is 14.0. The molecule has 0 heterocycles. The molecule has 1 nitrogen and oxygen atoms in total. The Morgan fingerprint density at radius 2 is 1.89 bits per heavy atom. The topological polar surface area (TPSA) is 20.2 Å². The molecule has 1 N–H and O–H groups in total. The first kappa shape index (κ1) is 14.2. The van der Waals surface area contributed by atoms with E-state index >= 15 is 0 Å². The minimum absolute atomic E-state index is 0.235. The van der Waals surface area contributed by atoms with Gasteiger partial charge in [-0.15, -0.1) is 0 Å². The van der Waals surface area contributed by atoms with Crippen molar-refractivity contribution in [2.75, 3.05) is 0 Å². The second-order valence-electron chi connectivity index (χ2n) is 4.51. The van der Waals surface area contributed by atoms with E-state index in [2.05, 4.69) is 15.9 Å². The molecule has 2 rings (SSSR count). The van der Waals surface area contributed by atoms with Crippen LogP contribution in [0.1, 0.15) is 22.8 Å². The van der Waals surface area contributed by atoms with Crippen molar-refractivity contribution < 1.29 is 13.9 Å². The molecular weight excluding hydrogens is 314 g/mol. The smallest absolute Gasteiger partial charge is 0.126 e. The quantitative estimate of drug-likeness (QED) is 0.891.